The van der Waals surface area contributed by atoms with Gasteiger partial charge in [0.2, 0.25) is 10.9 Å². The quantitative estimate of drug-likeness (QED) is 0.140. The van der Waals surface area contributed by atoms with Gasteiger partial charge in [-0.1, -0.05) is 54.3 Å². The zero-order valence-electron chi connectivity index (χ0n) is 26.4. The Morgan fingerprint density at radius 3 is 1.80 bits per heavy atom. The Labute approximate surface area is 286 Å². The van der Waals surface area contributed by atoms with E-state index in [1.165, 1.54) is 6.07 Å². The first-order valence-corrected chi connectivity index (χ1v) is 15.4. The van der Waals surface area contributed by atoms with E-state index in [4.69, 9.17) is 8.83 Å². The van der Waals surface area contributed by atoms with E-state index >= 15 is 0 Å². The summed E-state index contributed by atoms with van der Waals surface area (Å²) < 4.78 is 10.3. The highest BCUT2D eigenvalue weighted by Crippen LogP contribution is 2.27. The molecule has 0 atom stereocenters. The molecule has 1 amide bonds. The van der Waals surface area contributed by atoms with Crippen LogP contribution in [0.15, 0.2) is 140 Å². The molecule has 244 valence electrons. The highest BCUT2D eigenvalue weighted by atomic mass is 16.4. The average molecular weight is 661 g/mol. The number of carbonyl (C=O) groups excluding carboxylic acids is 1. The fraction of sp³-hybridized carbons (Fsp3) is 0.0488. The molecule has 0 fully saturated rings. The van der Waals surface area contributed by atoms with Gasteiger partial charge in [-0.2, -0.15) is 0 Å². The van der Waals surface area contributed by atoms with Crippen LogP contribution in [0, 0.1) is 23.7 Å². The molecule has 50 heavy (non-hydrogen) atoms. The second-order valence-electron chi connectivity index (χ2n) is 11.0. The SMILES string of the molecule is O=C(NCc1cc(=O)c(O)co1)c1ccc(-c2cccc(-c3cccc(C#CC#Cc4ccc(NCc5cc(=O)c(O)co5)cc4)c3)c2)cc1. The number of hydrogen-bond donors (Lipinski definition) is 4. The minimum Gasteiger partial charge on any atom is -0.502 e. The summed E-state index contributed by atoms with van der Waals surface area (Å²) in [6.45, 7) is 0.298. The van der Waals surface area contributed by atoms with Crippen LogP contribution in [0.4, 0.5) is 5.69 Å². The second kappa shape index (κ2) is 15.1. The predicted octanol–water partition coefficient (Wildman–Crippen LogP) is 6.28. The summed E-state index contributed by atoms with van der Waals surface area (Å²) in [7, 11) is 0. The Hall–Kier alpha value is -7.23. The Morgan fingerprint density at radius 2 is 1.16 bits per heavy atom. The molecule has 2 heterocycles. The fourth-order valence-corrected chi connectivity index (χ4v) is 4.88. The summed E-state index contributed by atoms with van der Waals surface area (Å²) in [5.74, 6) is 11.4. The molecule has 0 saturated heterocycles. The smallest absolute Gasteiger partial charge is 0.251 e. The zero-order chi connectivity index (χ0) is 34.9. The molecule has 4 aromatic carbocycles. The van der Waals surface area contributed by atoms with Crippen LogP contribution in [0.25, 0.3) is 22.3 Å². The third kappa shape index (κ3) is 8.37. The molecule has 4 N–H and O–H groups in total. The van der Waals surface area contributed by atoms with Crippen LogP contribution < -0.4 is 21.5 Å². The molecular formula is C41H28N2O7. The molecule has 6 rings (SSSR count). The lowest BCUT2D eigenvalue weighted by molar-refractivity contribution is 0.0947. The van der Waals surface area contributed by atoms with E-state index in [0.717, 1.165) is 57.7 Å². The van der Waals surface area contributed by atoms with Crippen LogP contribution in [0.3, 0.4) is 0 Å². The van der Waals surface area contributed by atoms with E-state index in [2.05, 4.69) is 40.4 Å². The molecule has 9 nitrogen and oxygen atoms in total. The maximum Gasteiger partial charge on any atom is 0.251 e. The Morgan fingerprint density at radius 1 is 0.600 bits per heavy atom. The number of amides is 1. The Kier molecular flexibility index (Phi) is 9.89. The fourth-order valence-electron chi connectivity index (χ4n) is 4.88. The van der Waals surface area contributed by atoms with Gasteiger partial charge in [-0.15, -0.1) is 0 Å². The third-order valence-electron chi connectivity index (χ3n) is 7.52. The molecule has 2 aromatic heterocycles. The van der Waals surface area contributed by atoms with Gasteiger partial charge >= 0.3 is 0 Å². The normalized spacial score (nSPS) is 10.2. The van der Waals surface area contributed by atoms with Crippen LogP contribution >= 0.6 is 0 Å². The number of hydrogen-bond acceptors (Lipinski definition) is 8. The van der Waals surface area contributed by atoms with E-state index in [1.807, 2.05) is 78.9 Å². The number of carbonyl (C=O) groups is 1. The van der Waals surface area contributed by atoms with Gasteiger partial charge in [-0.05, 0) is 88.7 Å². The number of benzene rings is 4. The summed E-state index contributed by atoms with van der Waals surface area (Å²) in [6.07, 6.45) is 1.97. The van der Waals surface area contributed by atoms with E-state index in [1.54, 1.807) is 12.1 Å². The highest BCUT2D eigenvalue weighted by Gasteiger charge is 2.09. The van der Waals surface area contributed by atoms with Gasteiger partial charge in [-0.25, -0.2) is 0 Å². The van der Waals surface area contributed by atoms with Crippen molar-refractivity contribution < 1.29 is 23.8 Å². The lowest BCUT2D eigenvalue weighted by Crippen LogP contribution is -2.23. The number of rotatable bonds is 8. The van der Waals surface area contributed by atoms with Gasteiger partial charge in [0, 0.05) is 34.5 Å². The van der Waals surface area contributed by atoms with Crippen LogP contribution in [0.2, 0.25) is 0 Å². The van der Waals surface area contributed by atoms with Gasteiger partial charge in [0.15, 0.2) is 11.5 Å². The van der Waals surface area contributed by atoms with Crippen LogP contribution in [-0.2, 0) is 13.1 Å². The minimum absolute atomic E-state index is 0.00886. The van der Waals surface area contributed by atoms with Gasteiger partial charge in [0.1, 0.15) is 24.0 Å². The Balaban J connectivity index is 1.06. The van der Waals surface area contributed by atoms with E-state index in [9.17, 15) is 24.6 Å². The van der Waals surface area contributed by atoms with Crippen molar-refractivity contribution in [3.8, 4) is 57.4 Å². The van der Waals surface area contributed by atoms with Crippen molar-refractivity contribution in [1.29, 1.82) is 0 Å². The van der Waals surface area contributed by atoms with Gasteiger partial charge in [0.05, 0.1) is 13.1 Å². The van der Waals surface area contributed by atoms with E-state index in [0.29, 0.717) is 11.3 Å². The molecule has 0 aliphatic carbocycles. The molecule has 0 aliphatic rings. The summed E-state index contributed by atoms with van der Waals surface area (Å²) in [5.41, 5.74) is 5.75. The molecule has 0 aliphatic heterocycles. The average Bonchev–Trinajstić information content (AvgIpc) is 3.15. The standard InChI is InChI=1S/C41H28N2O7/c44-37-21-35(49-25-39(37)46)23-42-34-17-11-27(12-18-34)5-1-2-6-28-7-3-8-31(19-28)33-10-4-9-32(20-33)29-13-15-30(16-14-29)41(48)43-24-36-22-38(45)40(47)26-50-36/h3-4,7-22,25-26,42,46-47H,23-24H2,(H,43,48). The van der Waals surface area contributed by atoms with Gasteiger partial charge in [0.25, 0.3) is 5.91 Å². The first kappa shape index (κ1) is 32.7. The maximum absolute atomic E-state index is 12.6. The van der Waals surface area contributed by atoms with E-state index < -0.39 is 22.4 Å². The topological polar surface area (TPSA) is 142 Å². The lowest BCUT2D eigenvalue weighted by Gasteiger charge is -2.08. The first-order chi connectivity index (χ1) is 24.3. The second-order valence-corrected chi connectivity index (χ2v) is 11.0. The third-order valence-corrected chi connectivity index (χ3v) is 7.52. The van der Waals surface area contributed by atoms with Crippen LogP contribution in [0.5, 0.6) is 11.5 Å². The summed E-state index contributed by atoms with van der Waals surface area (Å²) in [6, 6.07) is 33.0. The van der Waals surface area contributed by atoms with Crippen molar-refractivity contribution in [2.75, 3.05) is 5.32 Å². The van der Waals surface area contributed by atoms with Gasteiger partial charge < -0.3 is 29.7 Å². The number of anilines is 1. The first-order valence-electron chi connectivity index (χ1n) is 15.4. The van der Waals surface area contributed by atoms with Crippen LogP contribution in [0.1, 0.15) is 33.0 Å². The largest absolute Gasteiger partial charge is 0.502 e. The predicted molar refractivity (Wildman–Crippen MR) is 189 cm³/mol. The highest BCUT2D eigenvalue weighted by molar-refractivity contribution is 5.94. The molecule has 6 aromatic rings. The van der Waals surface area contributed by atoms with Crippen molar-refractivity contribution >= 4 is 11.6 Å². The van der Waals surface area contributed by atoms with Crippen molar-refractivity contribution in [3.63, 3.8) is 0 Å². The van der Waals surface area contributed by atoms with Crippen molar-refractivity contribution in [2.45, 2.75) is 13.1 Å². The van der Waals surface area contributed by atoms with Crippen molar-refractivity contribution in [1.82, 2.24) is 5.32 Å². The monoisotopic (exact) mass is 660 g/mol. The van der Waals surface area contributed by atoms with Crippen molar-refractivity contribution in [3.05, 3.63) is 170 Å². The molecule has 9 heteroatoms. The Bertz CT molecular complexity index is 2420. The number of aromatic hydroxyl groups is 2. The minimum atomic E-state index is -0.574. The zero-order valence-corrected chi connectivity index (χ0v) is 26.4. The van der Waals surface area contributed by atoms with E-state index in [-0.39, 0.29) is 24.8 Å². The number of nitrogens with one attached hydrogen (secondary N) is 2. The van der Waals surface area contributed by atoms with Gasteiger partial charge in [-0.3, -0.25) is 14.4 Å². The molecule has 0 bridgehead atoms. The summed E-state index contributed by atoms with van der Waals surface area (Å²) in [4.78, 5) is 35.7. The summed E-state index contributed by atoms with van der Waals surface area (Å²) in [5, 5.41) is 24.5. The molecule has 0 radical (unpaired) electrons. The molecular weight excluding hydrogens is 632 g/mol. The van der Waals surface area contributed by atoms with Crippen LogP contribution in [-0.4, -0.2) is 16.1 Å². The summed E-state index contributed by atoms with van der Waals surface area (Å²) >= 11 is 0. The van der Waals surface area contributed by atoms with Crippen molar-refractivity contribution in [2.24, 2.45) is 0 Å². The molecule has 0 saturated carbocycles. The lowest BCUT2D eigenvalue weighted by atomic mass is 9.97. The molecule has 0 unspecified atom stereocenters. The molecule has 0 spiro atoms. The maximum atomic E-state index is 12.6.